The average Bonchev–Trinajstić information content (AvgIpc) is 2.75. The lowest BCUT2D eigenvalue weighted by Crippen LogP contribution is -2.44. The summed E-state index contributed by atoms with van der Waals surface area (Å²) in [4.78, 5) is 23.7. The molecule has 8 nitrogen and oxygen atoms in total. The molecule has 1 unspecified atom stereocenters. The van der Waals surface area contributed by atoms with Crippen LogP contribution < -0.4 is 15.2 Å². The molecule has 1 saturated heterocycles. The number of halogens is 1. The molecule has 1 atom stereocenters. The number of nitrogens with zero attached hydrogens (tertiary/aromatic N) is 4. The van der Waals surface area contributed by atoms with Crippen molar-refractivity contribution in [2.24, 2.45) is 0 Å². The molecule has 1 N–H and O–H groups in total. The zero-order valence-corrected chi connectivity index (χ0v) is 16.7. The lowest BCUT2D eigenvalue weighted by Gasteiger charge is -2.32. The van der Waals surface area contributed by atoms with Crippen molar-refractivity contribution in [2.75, 3.05) is 38.3 Å². The molecule has 4 rings (SSSR count). The first kappa shape index (κ1) is 19.6. The molecule has 0 radical (unpaired) electrons. The Morgan fingerprint density at radius 2 is 2.21 bits per heavy atom. The minimum absolute atomic E-state index is 0.0625. The smallest absolute Gasteiger partial charge is 0.252 e. The van der Waals surface area contributed by atoms with Crippen LogP contribution in [-0.4, -0.2) is 59.2 Å². The van der Waals surface area contributed by atoms with Crippen molar-refractivity contribution in [3.05, 3.63) is 57.5 Å². The van der Waals surface area contributed by atoms with E-state index in [2.05, 4.69) is 9.97 Å². The number of pyridine rings is 1. The molecular formula is C20H21ClN4O4. The SMILES string of the molecule is COc1ccc(Cn2c(=O)ccc3cnc(N4CCOC(CO)C4)nc32)cc1Cl. The van der Waals surface area contributed by atoms with Crippen LogP contribution in [0.4, 0.5) is 5.95 Å². The second-order valence-corrected chi connectivity index (χ2v) is 7.20. The van der Waals surface area contributed by atoms with E-state index >= 15 is 0 Å². The third kappa shape index (κ3) is 4.05. The van der Waals surface area contributed by atoms with Gasteiger partial charge in [0, 0.05) is 30.7 Å². The quantitative estimate of drug-likeness (QED) is 0.677. The summed E-state index contributed by atoms with van der Waals surface area (Å²) in [6, 6.07) is 8.65. The molecule has 3 aromatic rings. The van der Waals surface area contributed by atoms with E-state index in [0.717, 1.165) is 10.9 Å². The number of anilines is 1. The highest BCUT2D eigenvalue weighted by Crippen LogP contribution is 2.25. The van der Waals surface area contributed by atoms with Gasteiger partial charge in [-0.2, -0.15) is 4.98 Å². The predicted octanol–water partition coefficient (Wildman–Crippen LogP) is 1.70. The summed E-state index contributed by atoms with van der Waals surface area (Å²) in [5.41, 5.74) is 1.24. The van der Waals surface area contributed by atoms with Crippen LogP contribution in [-0.2, 0) is 11.3 Å². The van der Waals surface area contributed by atoms with Crippen LogP contribution in [0.5, 0.6) is 5.75 Å². The first-order valence-corrected chi connectivity index (χ1v) is 9.63. The highest BCUT2D eigenvalue weighted by Gasteiger charge is 2.22. The second-order valence-electron chi connectivity index (χ2n) is 6.80. The van der Waals surface area contributed by atoms with E-state index < -0.39 is 0 Å². The molecule has 1 fully saturated rings. The van der Waals surface area contributed by atoms with Crippen molar-refractivity contribution in [2.45, 2.75) is 12.6 Å². The van der Waals surface area contributed by atoms with E-state index in [1.54, 1.807) is 36.1 Å². The molecule has 1 aliphatic heterocycles. The standard InChI is InChI=1S/C20H21ClN4O4/c1-28-17-4-2-13(8-16(17)21)10-25-18(27)5-3-14-9-22-20(23-19(14)25)24-6-7-29-15(11-24)12-26/h2-5,8-9,15,26H,6-7,10-12H2,1H3. The number of morpholine rings is 1. The highest BCUT2D eigenvalue weighted by atomic mass is 35.5. The van der Waals surface area contributed by atoms with E-state index in [9.17, 15) is 9.90 Å². The third-order valence-electron chi connectivity index (χ3n) is 4.89. The van der Waals surface area contributed by atoms with Gasteiger partial charge in [-0.3, -0.25) is 9.36 Å². The number of aliphatic hydroxyl groups excluding tert-OH is 1. The summed E-state index contributed by atoms with van der Waals surface area (Å²) in [5.74, 6) is 1.09. The molecule has 0 spiro atoms. The molecule has 0 amide bonds. The molecule has 0 saturated carbocycles. The fourth-order valence-electron chi connectivity index (χ4n) is 3.37. The van der Waals surface area contributed by atoms with Gasteiger partial charge in [0.1, 0.15) is 11.4 Å². The van der Waals surface area contributed by atoms with Gasteiger partial charge in [-0.05, 0) is 23.8 Å². The molecule has 152 valence electrons. The number of fused-ring (bicyclic) bond motifs is 1. The van der Waals surface area contributed by atoms with Crippen LogP contribution in [0.1, 0.15) is 5.56 Å². The highest BCUT2D eigenvalue weighted by molar-refractivity contribution is 6.32. The van der Waals surface area contributed by atoms with Crippen molar-refractivity contribution >= 4 is 28.6 Å². The van der Waals surface area contributed by atoms with E-state index in [-0.39, 0.29) is 18.3 Å². The Kier molecular flexibility index (Phi) is 5.66. The summed E-state index contributed by atoms with van der Waals surface area (Å²) < 4.78 is 12.3. The lowest BCUT2D eigenvalue weighted by molar-refractivity contribution is 0.00315. The zero-order chi connectivity index (χ0) is 20.4. The predicted molar refractivity (Wildman–Crippen MR) is 110 cm³/mol. The van der Waals surface area contributed by atoms with Gasteiger partial charge in [0.2, 0.25) is 5.95 Å². The normalized spacial score (nSPS) is 16.9. The Labute approximate surface area is 172 Å². The molecular weight excluding hydrogens is 396 g/mol. The molecule has 0 aliphatic carbocycles. The van der Waals surface area contributed by atoms with Gasteiger partial charge in [-0.15, -0.1) is 0 Å². The van der Waals surface area contributed by atoms with Crippen LogP contribution in [0, 0.1) is 0 Å². The number of methoxy groups -OCH3 is 1. The maximum Gasteiger partial charge on any atom is 0.252 e. The van der Waals surface area contributed by atoms with Gasteiger partial charge in [-0.25, -0.2) is 4.98 Å². The van der Waals surface area contributed by atoms with Gasteiger partial charge in [-0.1, -0.05) is 17.7 Å². The van der Waals surface area contributed by atoms with Crippen molar-refractivity contribution in [3.63, 3.8) is 0 Å². The first-order valence-electron chi connectivity index (χ1n) is 9.25. The number of rotatable bonds is 5. The number of hydrogen-bond donors (Lipinski definition) is 1. The van der Waals surface area contributed by atoms with Crippen molar-refractivity contribution < 1.29 is 14.6 Å². The van der Waals surface area contributed by atoms with Gasteiger partial charge in [0.05, 0.1) is 38.0 Å². The van der Waals surface area contributed by atoms with Gasteiger partial charge >= 0.3 is 0 Å². The van der Waals surface area contributed by atoms with Crippen molar-refractivity contribution in [1.82, 2.24) is 14.5 Å². The van der Waals surface area contributed by atoms with E-state index in [0.29, 0.717) is 48.6 Å². The summed E-state index contributed by atoms with van der Waals surface area (Å²) in [5, 5.41) is 10.6. The summed E-state index contributed by atoms with van der Waals surface area (Å²) >= 11 is 6.23. The monoisotopic (exact) mass is 416 g/mol. The Hall–Kier alpha value is -2.68. The molecule has 3 heterocycles. The largest absolute Gasteiger partial charge is 0.495 e. The minimum Gasteiger partial charge on any atom is -0.495 e. The number of aliphatic hydroxyl groups is 1. The van der Waals surface area contributed by atoms with Crippen LogP contribution in [0.2, 0.25) is 5.02 Å². The number of ether oxygens (including phenoxy) is 2. The van der Waals surface area contributed by atoms with E-state index in [1.165, 1.54) is 6.07 Å². The van der Waals surface area contributed by atoms with Gasteiger partial charge < -0.3 is 19.5 Å². The Morgan fingerprint density at radius 1 is 1.34 bits per heavy atom. The van der Waals surface area contributed by atoms with Gasteiger partial charge in [0.25, 0.3) is 5.56 Å². The molecule has 1 aliphatic rings. The minimum atomic E-state index is -0.276. The molecule has 2 aromatic heterocycles. The topological polar surface area (TPSA) is 89.7 Å². The Morgan fingerprint density at radius 3 is 2.97 bits per heavy atom. The Balaban J connectivity index is 1.72. The fraction of sp³-hybridized carbons (Fsp3) is 0.350. The number of aromatic nitrogens is 3. The molecule has 0 bridgehead atoms. The second kappa shape index (κ2) is 8.36. The maximum absolute atomic E-state index is 12.6. The molecule has 1 aromatic carbocycles. The van der Waals surface area contributed by atoms with Crippen LogP contribution in [0.25, 0.3) is 11.0 Å². The number of benzene rings is 1. The van der Waals surface area contributed by atoms with Gasteiger partial charge in [0.15, 0.2) is 0 Å². The summed E-state index contributed by atoms with van der Waals surface area (Å²) in [7, 11) is 1.56. The van der Waals surface area contributed by atoms with Crippen LogP contribution in [0.15, 0.2) is 41.3 Å². The van der Waals surface area contributed by atoms with Crippen LogP contribution in [0.3, 0.4) is 0 Å². The van der Waals surface area contributed by atoms with Crippen molar-refractivity contribution in [3.8, 4) is 5.75 Å². The molecule has 29 heavy (non-hydrogen) atoms. The fourth-order valence-corrected chi connectivity index (χ4v) is 3.65. The third-order valence-corrected chi connectivity index (χ3v) is 5.19. The van der Waals surface area contributed by atoms with E-state index in [4.69, 9.17) is 21.1 Å². The average molecular weight is 417 g/mol. The summed E-state index contributed by atoms with van der Waals surface area (Å²) in [6.07, 6.45) is 1.43. The first-order chi connectivity index (χ1) is 14.1. The van der Waals surface area contributed by atoms with Crippen LogP contribution >= 0.6 is 11.6 Å². The Bertz CT molecular complexity index is 1090. The van der Waals surface area contributed by atoms with E-state index in [1.807, 2.05) is 11.0 Å². The molecule has 9 heteroatoms. The lowest BCUT2D eigenvalue weighted by atomic mass is 10.2. The number of hydrogen-bond acceptors (Lipinski definition) is 7. The van der Waals surface area contributed by atoms with Crippen molar-refractivity contribution in [1.29, 1.82) is 0 Å². The zero-order valence-electron chi connectivity index (χ0n) is 15.9. The summed E-state index contributed by atoms with van der Waals surface area (Å²) in [6.45, 7) is 1.85. The maximum atomic E-state index is 12.6.